The van der Waals surface area contributed by atoms with Gasteiger partial charge in [-0.1, -0.05) is 6.07 Å². The first-order valence-electron chi connectivity index (χ1n) is 6.55. The molecule has 0 aromatic heterocycles. The van der Waals surface area contributed by atoms with Gasteiger partial charge >= 0.3 is 0 Å². The summed E-state index contributed by atoms with van der Waals surface area (Å²) in [5, 5.41) is 18.6. The molecule has 1 atom stereocenters. The second-order valence-corrected chi connectivity index (χ2v) is 4.89. The monoisotopic (exact) mass is 281 g/mol. The lowest BCUT2D eigenvalue weighted by atomic mass is 10.1. The maximum Gasteiger partial charge on any atom is 0.131 e. The number of β-amino-alcohol motifs (C(OH)–C–C–N with tert-alkyl or cyclic N) is 1. The predicted octanol–water partition coefficient (Wildman–Crippen LogP) is 1.14. The van der Waals surface area contributed by atoms with Crippen molar-refractivity contribution in [2.45, 2.75) is 6.10 Å². The van der Waals surface area contributed by atoms with Crippen LogP contribution in [0.5, 0.6) is 0 Å². The van der Waals surface area contributed by atoms with Gasteiger partial charge in [-0.2, -0.15) is 5.26 Å². The molecule has 1 unspecified atom stereocenters. The third-order valence-electron chi connectivity index (χ3n) is 3.52. The Bertz CT molecular complexity index is 475. The summed E-state index contributed by atoms with van der Waals surface area (Å²) < 4.78 is 27.1. The summed E-state index contributed by atoms with van der Waals surface area (Å²) in [7, 11) is 0. The van der Waals surface area contributed by atoms with Crippen molar-refractivity contribution in [3.8, 4) is 6.07 Å². The fourth-order valence-corrected chi connectivity index (χ4v) is 2.39. The molecule has 1 aromatic rings. The minimum atomic E-state index is -1.18. The van der Waals surface area contributed by atoms with Crippen LogP contribution in [0.4, 0.5) is 8.78 Å². The fourth-order valence-electron chi connectivity index (χ4n) is 2.39. The van der Waals surface area contributed by atoms with Gasteiger partial charge in [0.2, 0.25) is 0 Å². The number of hydrogen-bond acceptors (Lipinski definition) is 4. The average Bonchev–Trinajstić information content (AvgIpc) is 2.41. The number of hydrogen-bond donors (Lipinski definition) is 1. The number of aliphatic hydroxyl groups is 1. The zero-order chi connectivity index (χ0) is 14.5. The molecule has 6 heteroatoms. The van der Waals surface area contributed by atoms with Crippen molar-refractivity contribution in [1.82, 2.24) is 9.80 Å². The summed E-state index contributed by atoms with van der Waals surface area (Å²) in [4.78, 5) is 3.96. The third kappa shape index (κ3) is 3.51. The highest BCUT2D eigenvalue weighted by Crippen LogP contribution is 2.21. The van der Waals surface area contributed by atoms with Crippen LogP contribution >= 0.6 is 0 Å². The average molecular weight is 281 g/mol. The Morgan fingerprint density at radius 3 is 2.25 bits per heavy atom. The molecule has 2 rings (SSSR count). The highest BCUT2D eigenvalue weighted by atomic mass is 19.1. The maximum absolute atomic E-state index is 13.6. The molecule has 1 aromatic carbocycles. The zero-order valence-corrected chi connectivity index (χ0v) is 11.1. The number of rotatable bonds is 4. The van der Waals surface area contributed by atoms with E-state index in [4.69, 9.17) is 5.26 Å². The first kappa shape index (κ1) is 14.9. The summed E-state index contributed by atoms with van der Waals surface area (Å²) >= 11 is 0. The lowest BCUT2D eigenvalue weighted by Crippen LogP contribution is -2.47. The van der Waals surface area contributed by atoms with Gasteiger partial charge < -0.3 is 5.11 Å². The van der Waals surface area contributed by atoms with Gasteiger partial charge in [0, 0.05) is 32.7 Å². The first-order chi connectivity index (χ1) is 9.61. The smallest absolute Gasteiger partial charge is 0.131 e. The van der Waals surface area contributed by atoms with Gasteiger partial charge in [-0.25, -0.2) is 8.78 Å². The van der Waals surface area contributed by atoms with E-state index in [1.54, 1.807) is 0 Å². The van der Waals surface area contributed by atoms with Gasteiger partial charge in [0.25, 0.3) is 0 Å². The van der Waals surface area contributed by atoms with E-state index in [0.717, 1.165) is 25.2 Å². The minimum Gasteiger partial charge on any atom is -0.387 e. The molecule has 0 bridgehead atoms. The number of piperazine rings is 1. The molecule has 4 nitrogen and oxygen atoms in total. The number of aliphatic hydroxyl groups excluding tert-OH is 1. The van der Waals surface area contributed by atoms with Crippen LogP contribution in [0, 0.1) is 23.0 Å². The second kappa shape index (κ2) is 6.75. The third-order valence-corrected chi connectivity index (χ3v) is 3.52. The number of halogens is 2. The Hall–Kier alpha value is -1.55. The predicted molar refractivity (Wildman–Crippen MR) is 69.8 cm³/mol. The van der Waals surface area contributed by atoms with Crippen molar-refractivity contribution in [2.24, 2.45) is 0 Å². The van der Waals surface area contributed by atoms with E-state index in [2.05, 4.69) is 6.07 Å². The molecule has 1 aliphatic heterocycles. The van der Waals surface area contributed by atoms with Crippen molar-refractivity contribution in [1.29, 1.82) is 5.26 Å². The molecule has 0 spiro atoms. The largest absolute Gasteiger partial charge is 0.387 e. The SMILES string of the molecule is N#CCN1CCN(CC(O)c2c(F)cccc2F)CC1. The summed E-state index contributed by atoms with van der Waals surface area (Å²) in [6.45, 7) is 3.38. The van der Waals surface area contributed by atoms with Crippen LogP contribution < -0.4 is 0 Å². The summed E-state index contributed by atoms with van der Waals surface area (Å²) in [6, 6.07) is 5.66. The Morgan fingerprint density at radius 2 is 1.70 bits per heavy atom. The molecule has 0 radical (unpaired) electrons. The Balaban J connectivity index is 1.93. The molecule has 1 heterocycles. The van der Waals surface area contributed by atoms with Crippen molar-refractivity contribution in [3.05, 3.63) is 35.4 Å². The Morgan fingerprint density at radius 1 is 1.15 bits per heavy atom. The van der Waals surface area contributed by atoms with Crippen LogP contribution in [-0.2, 0) is 0 Å². The molecule has 1 fully saturated rings. The van der Waals surface area contributed by atoms with E-state index in [1.165, 1.54) is 6.07 Å². The van der Waals surface area contributed by atoms with Crippen molar-refractivity contribution < 1.29 is 13.9 Å². The molecule has 0 aliphatic carbocycles. The van der Waals surface area contributed by atoms with E-state index in [9.17, 15) is 13.9 Å². The van der Waals surface area contributed by atoms with Gasteiger partial charge in [-0.15, -0.1) is 0 Å². The van der Waals surface area contributed by atoms with Crippen LogP contribution in [0.25, 0.3) is 0 Å². The lowest BCUT2D eigenvalue weighted by molar-refractivity contribution is 0.0730. The summed E-state index contributed by atoms with van der Waals surface area (Å²) in [6.07, 6.45) is -1.18. The van der Waals surface area contributed by atoms with Crippen LogP contribution in [-0.4, -0.2) is 54.2 Å². The van der Waals surface area contributed by atoms with E-state index < -0.39 is 17.7 Å². The van der Waals surface area contributed by atoms with E-state index >= 15 is 0 Å². The van der Waals surface area contributed by atoms with Crippen LogP contribution in [0.3, 0.4) is 0 Å². The van der Waals surface area contributed by atoms with E-state index in [0.29, 0.717) is 19.6 Å². The van der Waals surface area contributed by atoms with Crippen molar-refractivity contribution >= 4 is 0 Å². The van der Waals surface area contributed by atoms with Crippen LogP contribution in [0.15, 0.2) is 18.2 Å². The van der Waals surface area contributed by atoms with Gasteiger partial charge in [-0.3, -0.25) is 9.80 Å². The highest BCUT2D eigenvalue weighted by Gasteiger charge is 2.23. The number of nitriles is 1. The maximum atomic E-state index is 13.6. The van der Waals surface area contributed by atoms with E-state index in [1.807, 2.05) is 9.80 Å². The Kier molecular flexibility index (Phi) is 5.01. The van der Waals surface area contributed by atoms with E-state index in [-0.39, 0.29) is 12.1 Å². The van der Waals surface area contributed by atoms with Crippen LogP contribution in [0.1, 0.15) is 11.7 Å². The standard InChI is InChI=1S/C14H17F2N3O/c15-11-2-1-3-12(16)14(11)13(20)10-19-8-6-18(5-4-17)7-9-19/h1-3,13,20H,5-10H2. The molecule has 108 valence electrons. The molecule has 0 amide bonds. The fraction of sp³-hybridized carbons (Fsp3) is 0.500. The van der Waals surface area contributed by atoms with Gasteiger partial charge in [0.05, 0.1) is 24.3 Å². The second-order valence-electron chi connectivity index (χ2n) is 4.89. The summed E-state index contributed by atoms with van der Waals surface area (Å²) in [5.41, 5.74) is -0.271. The summed E-state index contributed by atoms with van der Waals surface area (Å²) in [5.74, 6) is -1.44. The molecular formula is C14H17F2N3O. The first-order valence-corrected chi connectivity index (χ1v) is 6.55. The molecule has 1 aliphatic rings. The Labute approximate surface area is 116 Å². The molecule has 0 saturated carbocycles. The van der Waals surface area contributed by atoms with Crippen LogP contribution in [0.2, 0.25) is 0 Å². The van der Waals surface area contributed by atoms with Crippen molar-refractivity contribution in [3.63, 3.8) is 0 Å². The number of nitrogens with zero attached hydrogens (tertiary/aromatic N) is 3. The van der Waals surface area contributed by atoms with Gasteiger partial charge in [-0.05, 0) is 12.1 Å². The normalized spacial score (nSPS) is 18.7. The van der Waals surface area contributed by atoms with Gasteiger partial charge in [0.1, 0.15) is 11.6 Å². The topological polar surface area (TPSA) is 50.5 Å². The highest BCUT2D eigenvalue weighted by molar-refractivity contribution is 5.22. The van der Waals surface area contributed by atoms with Crippen molar-refractivity contribution in [2.75, 3.05) is 39.3 Å². The molecular weight excluding hydrogens is 264 g/mol. The molecule has 1 saturated heterocycles. The molecule has 20 heavy (non-hydrogen) atoms. The minimum absolute atomic E-state index is 0.193. The quantitative estimate of drug-likeness (QED) is 0.841. The lowest BCUT2D eigenvalue weighted by Gasteiger charge is -2.34. The van der Waals surface area contributed by atoms with Gasteiger partial charge in [0.15, 0.2) is 0 Å². The zero-order valence-electron chi connectivity index (χ0n) is 11.1. The number of benzene rings is 1. The molecule has 1 N–H and O–H groups in total.